The van der Waals surface area contributed by atoms with Crippen LogP contribution in [-0.2, 0) is 4.79 Å². The molecule has 0 saturated carbocycles. The Morgan fingerprint density at radius 1 is 1.21 bits per heavy atom. The van der Waals surface area contributed by atoms with Crippen molar-refractivity contribution in [2.45, 2.75) is 40.2 Å². The van der Waals surface area contributed by atoms with Crippen molar-refractivity contribution >= 4 is 29.0 Å². The number of thioether (sulfide) groups is 1. The third kappa shape index (κ3) is 4.12. The van der Waals surface area contributed by atoms with Gasteiger partial charge in [-0.05, 0) is 62.7 Å². The quantitative estimate of drug-likeness (QED) is 0.686. The largest absolute Gasteiger partial charge is 0.490 e. The lowest BCUT2D eigenvalue weighted by Crippen LogP contribution is -2.27. The van der Waals surface area contributed by atoms with Crippen LogP contribution in [0.3, 0.4) is 0 Å². The highest BCUT2D eigenvalue weighted by Crippen LogP contribution is 2.34. The first-order chi connectivity index (χ1) is 11.5. The Kier molecular flexibility index (Phi) is 6.31. The topological polar surface area (TPSA) is 55.8 Å². The molecule has 0 aromatic heterocycles. The van der Waals surface area contributed by atoms with Crippen molar-refractivity contribution in [3.05, 3.63) is 28.7 Å². The SMILES string of the molecule is CCOc1cc(/C=C2/SC(=O)N(CC)C2=O)ccc1O[C@@H](C)CC. The van der Waals surface area contributed by atoms with Crippen molar-refractivity contribution in [2.24, 2.45) is 0 Å². The Morgan fingerprint density at radius 2 is 1.96 bits per heavy atom. The molecule has 130 valence electrons. The summed E-state index contributed by atoms with van der Waals surface area (Å²) in [6, 6.07) is 5.54. The maximum atomic E-state index is 12.2. The lowest BCUT2D eigenvalue weighted by molar-refractivity contribution is -0.122. The van der Waals surface area contributed by atoms with Crippen molar-refractivity contribution in [2.75, 3.05) is 13.2 Å². The maximum Gasteiger partial charge on any atom is 0.293 e. The Labute approximate surface area is 147 Å². The van der Waals surface area contributed by atoms with Gasteiger partial charge >= 0.3 is 0 Å². The number of amides is 2. The van der Waals surface area contributed by atoms with E-state index in [4.69, 9.17) is 9.47 Å². The molecule has 1 saturated heterocycles. The van der Waals surface area contributed by atoms with Gasteiger partial charge in [-0.3, -0.25) is 14.5 Å². The minimum atomic E-state index is -0.245. The number of hydrogen-bond acceptors (Lipinski definition) is 5. The molecule has 1 aromatic rings. The van der Waals surface area contributed by atoms with E-state index in [0.29, 0.717) is 29.6 Å². The van der Waals surface area contributed by atoms with Crippen LogP contribution in [0.2, 0.25) is 0 Å². The molecule has 2 amide bonds. The van der Waals surface area contributed by atoms with Gasteiger partial charge in [-0.2, -0.15) is 0 Å². The van der Waals surface area contributed by atoms with Crippen molar-refractivity contribution in [1.82, 2.24) is 4.90 Å². The third-order valence-electron chi connectivity index (χ3n) is 3.66. The minimum absolute atomic E-state index is 0.0936. The van der Waals surface area contributed by atoms with Gasteiger partial charge in [0.1, 0.15) is 0 Å². The van der Waals surface area contributed by atoms with Gasteiger partial charge in [0.2, 0.25) is 0 Å². The predicted octanol–water partition coefficient (Wildman–Crippen LogP) is 4.32. The summed E-state index contributed by atoms with van der Waals surface area (Å²) in [5.74, 6) is 1.08. The van der Waals surface area contributed by atoms with Crippen LogP contribution in [-0.4, -0.2) is 35.3 Å². The summed E-state index contributed by atoms with van der Waals surface area (Å²) in [5.41, 5.74) is 0.802. The zero-order chi connectivity index (χ0) is 17.7. The molecule has 1 heterocycles. The number of carbonyl (C=O) groups is 2. The highest BCUT2D eigenvalue weighted by molar-refractivity contribution is 8.18. The van der Waals surface area contributed by atoms with E-state index in [1.807, 2.05) is 32.0 Å². The van der Waals surface area contributed by atoms with E-state index in [1.165, 1.54) is 4.90 Å². The van der Waals surface area contributed by atoms with Crippen molar-refractivity contribution in [1.29, 1.82) is 0 Å². The number of rotatable bonds is 7. The molecule has 2 rings (SSSR count). The third-order valence-corrected chi connectivity index (χ3v) is 4.57. The van der Waals surface area contributed by atoms with Crippen LogP contribution in [0.5, 0.6) is 11.5 Å². The fraction of sp³-hybridized carbons (Fsp3) is 0.444. The number of hydrogen-bond donors (Lipinski definition) is 0. The molecule has 24 heavy (non-hydrogen) atoms. The lowest BCUT2D eigenvalue weighted by Gasteiger charge is -2.16. The summed E-state index contributed by atoms with van der Waals surface area (Å²) >= 11 is 0.965. The number of nitrogens with zero attached hydrogens (tertiary/aromatic N) is 1. The van der Waals surface area contributed by atoms with Crippen LogP contribution < -0.4 is 9.47 Å². The van der Waals surface area contributed by atoms with E-state index in [-0.39, 0.29) is 17.3 Å². The standard InChI is InChI=1S/C18H23NO4S/c1-5-12(4)23-14-9-8-13(10-15(14)22-7-3)11-16-17(20)19(6-2)18(21)24-16/h8-12H,5-7H2,1-4H3/b16-11+/t12-/m0/s1. The Hall–Kier alpha value is -1.95. The highest BCUT2D eigenvalue weighted by atomic mass is 32.2. The molecule has 0 bridgehead atoms. The number of benzene rings is 1. The van der Waals surface area contributed by atoms with Gasteiger partial charge < -0.3 is 9.47 Å². The van der Waals surface area contributed by atoms with E-state index in [9.17, 15) is 9.59 Å². The molecule has 1 aliphatic rings. The maximum absolute atomic E-state index is 12.2. The summed E-state index contributed by atoms with van der Waals surface area (Å²) < 4.78 is 11.5. The molecular weight excluding hydrogens is 326 g/mol. The highest BCUT2D eigenvalue weighted by Gasteiger charge is 2.33. The summed E-state index contributed by atoms with van der Waals surface area (Å²) in [6.45, 7) is 8.66. The van der Waals surface area contributed by atoms with Crippen LogP contribution in [0, 0.1) is 0 Å². The minimum Gasteiger partial charge on any atom is -0.490 e. The number of likely N-dealkylation sites (N-methyl/N-ethyl adjacent to an activating group) is 1. The number of ether oxygens (including phenoxy) is 2. The van der Waals surface area contributed by atoms with Gasteiger partial charge in [0.15, 0.2) is 11.5 Å². The molecule has 0 aliphatic carbocycles. The van der Waals surface area contributed by atoms with E-state index in [1.54, 1.807) is 13.0 Å². The Morgan fingerprint density at radius 3 is 2.54 bits per heavy atom. The van der Waals surface area contributed by atoms with Gasteiger partial charge in [-0.15, -0.1) is 0 Å². The molecule has 5 nitrogen and oxygen atoms in total. The Balaban J connectivity index is 2.28. The molecular formula is C18H23NO4S. The smallest absolute Gasteiger partial charge is 0.293 e. The zero-order valence-electron chi connectivity index (χ0n) is 14.5. The fourth-order valence-corrected chi connectivity index (χ4v) is 3.11. The molecule has 1 fully saturated rings. The van der Waals surface area contributed by atoms with Crippen LogP contribution in [0.25, 0.3) is 6.08 Å². The van der Waals surface area contributed by atoms with Crippen LogP contribution >= 0.6 is 11.8 Å². The van der Waals surface area contributed by atoms with Gasteiger partial charge in [0.25, 0.3) is 11.1 Å². The number of carbonyl (C=O) groups excluding carboxylic acids is 2. The Bertz CT molecular complexity index is 656. The normalized spacial score (nSPS) is 17.5. The van der Waals surface area contributed by atoms with Crippen LogP contribution in [0.15, 0.2) is 23.1 Å². The predicted molar refractivity (Wildman–Crippen MR) is 96.3 cm³/mol. The average Bonchev–Trinajstić information content (AvgIpc) is 2.83. The summed E-state index contributed by atoms with van der Waals surface area (Å²) in [7, 11) is 0. The van der Waals surface area contributed by atoms with Gasteiger partial charge in [0, 0.05) is 6.54 Å². The summed E-state index contributed by atoms with van der Waals surface area (Å²) in [4.78, 5) is 25.6. The van der Waals surface area contributed by atoms with Crippen LogP contribution in [0.4, 0.5) is 4.79 Å². The number of imide groups is 1. The van der Waals surface area contributed by atoms with E-state index < -0.39 is 0 Å². The van der Waals surface area contributed by atoms with Gasteiger partial charge in [-0.25, -0.2) is 0 Å². The molecule has 1 atom stereocenters. The van der Waals surface area contributed by atoms with E-state index in [2.05, 4.69) is 6.92 Å². The van der Waals surface area contributed by atoms with Crippen molar-refractivity contribution in [3.8, 4) is 11.5 Å². The average molecular weight is 349 g/mol. The second kappa shape index (κ2) is 8.24. The van der Waals surface area contributed by atoms with Crippen molar-refractivity contribution < 1.29 is 19.1 Å². The van der Waals surface area contributed by atoms with E-state index in [0.717, 1.165) is 23.7 Å². The second-order valence-electron chi connectivity index (χ2n) is 5.40. The molecule has 0 radical (unpaired) electrons. The molecule has 0 spiro atoms. The van der Waals surface area contributed by atoms with Crippen LogP contribution in [0.1, 0.15) is 39.7 Å². The van der Waals surface area contributed by atoms with Crippen molar-refractivity contribution in [3.63, 3.8) is 0 Å². The fourth-order valence-electron chi connectivity index (χ4n) is 2.20. The van der Waals surface area contributed by atoms with Gasteiger partial charge in [0.05, 0.1) is 17.6 Å². The monoisotopic (exact) mass is 349 g/mol. The second-order valence-corrected chi connectivity index (χ2v) is 6.40. The lowest BCUT2D eigenvalue weighted by atomic mass is 10.1. The van der Waals surface area contributed by atoms with E-state index >= 15 is 0 Å². The molecule has 0 unspecified atom stereocenters. The molecule has 6 heteroatoms. The summed E-state index contributed by atoms with van der Waals surface area (Å²) in [6.07, 6.45) is 2.71. The summed E-state index contributed by atoms with van der Waals surface area (Å²) in [5, 5.41) is -0.226. The van der Waals surface area contributed by atoms with Gasteiger partial charge in [-0.1, -0.05) is 13.0 Å². The first-order valence-electron chi connectivity index (χ1n) is 8.18. The zero-order valence-corrected chi connectivity index (χ0v) is 15.3. The molecule has 1 aliphatic heterocycles. The first kappa shape index (κ1) is 18.4. The molecule has 1 aromatic carbocycles. The molecule has 0 N–H and O–H groups in total. The first-order valence-corrected chi connectivity index (χ1v) is 9.00.